The first-order valence-electron chi connectivity index (χ1n) is 8.22. The third kappa shape index (κ3) is 5.97. The minimum atomic E-state index is -2.96. The Hall–Kier alpha value is -2.22. The Morgan fingerprint density at radius 1 is 1.28 bits per heavy atom. The summed E-state index contributed by atoms with van der Waals surface area (Å²) in [6.45, 7) is 0.505. The van der Waals surface area contributed by atoms with Crippen LogP contribution < -0.4 is 10.1 Å². The molecule has 1 aromatic carbocycles. The van der Waals surface area contributed by atoms with Gasteiger partial charge in [0.05, 0.1) is 24.8 Å². The second-order valence-corrected chi connectivity index (χ2v) is 5.73. The largest absolute Gasteiger partial charge is 0.466 e. The number of hydrogen-bond acceptors (Lipinski definition) is 5. The van der Waals surface area contributed by atoms with Gasteiger partial charge in [-0.05, 0) is 45.0 Å². The van der Waals surface area contributed by atoms with Crippen molar-refractivity contribution < 1.29 is 27.8 Å². The molecule has 1 amide bonds. The smallest absolute Gasteiger partial charge is 0.387 e. The van der Waals surface area contributed by atoms with E-state index in [0.717, 1.165) is 0 Å². The lowest BCUT2D eigenvalue weighted by atomic mass is 9.97. The zero-order chi connectivity index (χ0) is 18.2. The molecule has 8 heteroatoms. The Kier molecular flexibility index (Phi) is 7.12. The van der Waals surface area contributed by atoms with Gasteiger partial charge in [0.15, 0.2) is 0 Å². The van der Waals surface area contributed by atoms with Crippen LogP contribution in [-0.2, 0) is 14.3 Å². The number of para-hydroxylation sites is 2. The lowest BCUT2D eigenvalue weighted by Gasteiger charge is -2.30. The average molecular weight is 356 g/mol. The first-order chi connectivity index (χ1) is 12.0. The van der Waals surface area contributed by atoms with Gasteiger partial charge < -0.3 is 14.8 Å². The number of piperidine rings is 1. The number of halogens is 2. The first kappa shape index (κ1) is 19.1. The second-order valence-electron chi connectivity index (χ2n) is 5.73. The summed E-state index contributed by atoms with van der Waals surface area (Å²) in [4.78, 5) is 25.8. The van der Waals surface area contributed by atoms with Gasteiger partial charge in [0.25, 0.3) is 0 Å². The number of anilines is 1. The van der Waals surface area contributed by atoms with Crippen molar-refractivity contribution in [2.75, 3.05) is 31.6 Å². The molecule has 1 fully saturated rings. The molecule has 0 radical (unpaired) electrons. The highest BCUT2D eigenvalue weighted by atomic mass is 19.3. The normalized spacial score (nSPS) is 15.8. The number of alkyl halides is 2. The molecule has 0 unspecified atom stereocenters. The molecule has 1 heterocycles. The van der Waals surface area contributed by atoms with Crippen LogP contribution in [-0.4, -0.2) is 49.6 Å². The third-order valence-electron chi connectivity index (χ3n) is 3.95. The van der Waals surface area contributed by atoms with Crippen LogP contribution in [0, 0.1) is 5.92 Å². The Labute approximate surface area is 145 Å². The van der Waals surface area contributed by atoms with Crippen molar-refractivity contribution in [3.63, 3.8) is 0 Å². The number of nitrogens with one attached hydrogen (secondary N) is 1. The lowest BCUT2D eigenvalue weighted by Crippen LogP contribution is -2.41. The van der Waals surface area contributed by atoms with Gasteiger partial charge in [0.1, 0.15) is 5.75 Å². The molecule has 1 saturated heterocycles. The van der Waals surface area contributed by atoms with E-state index in [1.165, 1.54) is 12.1 Å². The number of nitrogens with zero attached hydrogens (tertiary/aromatic N) is 1. The van der Waals surface area contributed by atoms with Crippen LogP contribution in [0.2, 0.25) is 0 Å². The van der Waals surface area contributed by atoms with Crippen molar-refractivity contribution in [2.45, 2.75) is 26.4 Å². The van der Waals surface area contributed by atoms with E-state index >= 15 is 0 Å². The Balaban J connectivity index is 1.83. The number of ether oxygens (including phenoxy) is 2. The van der Waals surface area contributed by atoms with Crippen LogP contribution in [0.4, 0.5) is 14.5 Å². The first-order valence-corrected chi connectivity index (χ1v) is 8.22. The van der Waals surface area contributed by atoms with Gasteiger partial charge in [-0.25, -0.2) is 0 Å². The Morgan fingerprint density at radius 3 is 2.60 bits per heavy atom. The van der Waals surface area contributed by atoms with Gasteiger partial charge >= 0.3 is 12.6 Å². The fraction of sp³-hybridized carbons (Fsp3) is 0.529. The standard InChI is InChI=1S/C17H22F2N2O4/c1-2-24-16(23)12-7-9-21(10-8-12)11-15(22)20-13-5-3-4-6-14(13)25-17(18)19/h3-6,12,17H,2,7-11H2,1H3,(H,20,22). The number of likely N-dealkylation sites (tertiary alicyclic amines) is 1. The minimum absolute atomic E-state index is 0.0770. The second kappa shape index (κ2) is 9.31. The van der Waals surface area contributed by atoms with Crippen molar-refractivity contribution in [2.24, 2.45) is 5.92 Å². The molecule has 1 aliphatic rings. The molecule has 0 aliphatic carbocycles. The molecule has 6 nitrogen and oxygen atoms in total. The van der Waals surface area contributed by atoms with Crippen molar-refractivity contribution in [3.8, 4) is 5.75 Å². The van der Waals surface area contributed by atoms with Gasteiger partial charge in [-0.2, -0.15) is 8.78 Å². The molecule has 1 aromatic rings. The van der Waals surface area contributed by atoms with Gasteiger partial charge in [0, 0.05) is 0 Å². The molecule has 1 aliphatic heterocycles. The fourth-order valence-corrected chi connectivity index (χ4v) is 2.75. The summed E-state index contributed by atoms with van der Waals surface area (Å²) in [5.74, 6) is -0.712. The molecule has 1 N–H and O–H groups in total. The maximum absolute atomic E-state index is 12.4. The van der Waals surface area contributed by atoms with E-state index in [9.17, 15) is 18.4 Å². The van der Waals surface area contributed by atoms with Crippen molar-refractivity contribution in [1.82, 2.24) is 4.90 Å². The highest BCUT2D eigenvalue weighted by Gasteiger charge is 2.26. The maximum atomic E-state index is 12.4. The predicted molar refractivity (Wildman–Crippen MR) is 87.5 cm³/mol. The lowest BCUT2D eigenvalue weighted by molar-refractivity contribution is -0.149. The molecule has 0 spiro atoms. The fourth-order valence-electron chi connectivity index (χ4n) is 2.75. The molecule has 0 saturated carbocycles. The summed E-state index contributed by atoms with van der Waals surface area (Å²) in [6, 6.07) is 6.04. The molecule has 25 heavy (non-hydrogen) atoms. The van der Waals surface area contributed by atoms with Gasteiger partial charge in [-0.15, -0.1) is 0 Å². The summed E-state index contributed by atoms with van der Waals surface area (Å²) in [6.07, 6.45) is 1.27. The number of hydrogen-bond donors (Lipinski definition) is 1. The van der Waals surface area contributed by atoms with E-state index < -0.39 is 6.61 Å². The quantitative estimate of drug-likeness (QED) is 0.761. The Bertz CT molecular complexity index is 590. The van der Waals surface area contributed by atoms with Crippen molar-refractivity contribution in [3.05, 3.63) is 24.3 Å². The zero-order valence-electron chi connectivity index (χ0n) is 14.0. The Morgan fingerprint density at radius 2 is 1.96 bits per heavy atom. The van der Waals surface area contributed by atoms with Gasteiger partial charge in [-0.3, -0.25) is 14.5 Å². The summed E-state index contributed by atoms with van der Waals surface area (Å²) in [7, 11) is 0. The number of rotatable bonds is 7. The van der Waals surface area contributed by atoms with Crippen LogP contribution in [0.5, 0.6) is 5.75 Å². The number of esters is 1. The summed E-state index contributed by atoms with van der Waals surface area (Å²) in [5.41, 5.74) is 0.203. The SMILES string of the molecule is CCOC(=O)C1CCN(CC(=O)Nc2ccccc2OC(F)F)CC1. The predicted octanol–water partition coefficient (Wildman–Crippen LogP) is 2.50. The average Bonchev–Trinajstić information content (AvgIpc) is 2.57. The number of carbonyl (C=O) groups is 2. The summed E-state index contributed by atoms with van der Waals surface area (Å²) < 4.78 is 34.2. The molecule has 0 aromatic heterocycles. The zero-order valence-corrected chi connectivity index (χ0v) is 14.0. The third-order valence-corrected chi connectivity index (χ3v) is 3.95. The highest BCUT2D eigenvalue weighted by molar-refractivity contribution is 5.93. The highest BCUT2D eigenvalue weighted by Crippen LogP contribution is 2.25. The van der Waals surface area contributed by atoms with E-state index in [0.29, 0.717) is 32.5 Å². The van der Waals surface area contributed by atoms with Crippen LogP contribution >= 0.6 is 0 Å². The van der Waals surface area contributed by atoms with E-state index in [4.69, 9.17) is 4.74 Å². The van der Waals surface area contributed by atoms with Gasteiger partial charge in [0.2, 0.25) is 5.91 Å². The monoisotopic (exact) mass is 356 g/mol. The van der Waals surface area contributed by atoms with E-state index in [1.54, 1.807) is 19.1 Å². The van der Waals surface area contributed by atoms with Crippen molar-refractivity contribution in [1.29, 1.82) is 0 Å². The molecule has 2 rings (SSSR count). The van der Waals surface area contributed by atoms with Gasteiger partial charge in [-0.1, -0.05) is 12.1 Å². The molecule has 138 valence electrons. The van der Waals surface area contributed by atoms with Crippen LogP contribution in [0.25, 0.3) is 0 Å². The minimum Gasteiger partial charge on any atom is -0.466 e. The number of carbonyl (C=O) groups excluding carboxylic acids is 2. The number of benzene rings is 1. The van der Waals surface area contributed by atoms with E-state index in [2.05, 4.69) is 10.1 Å². The van der Waals surface area contributed by atoms with Crippen molar-refractivity contribution >= 4 is 17.6 Å². The molecular weight excluding hydrogens is 334 g/mol. The summed E-state index contributed by atoms with van der Waals surface area (Å²) >= 11 is 0. The van der Waals surface area contributed by atoms with Crippen LogP contribution in [0.3, 0.4) is 0 Å². The van der Waals surface area contributed by atoms with E-state index in [-0.39, 0.29) is 35.8 Å². The topological polar surface area (TPSA) is 67.9 Å². The maximum Gasteiger partial charge on any atom is 0.387 e. The van der Waals surface area contributed by atoms with Crippen LogP contribution in [0.1, 0.15) is 19.8 Å². The van der Waals surface area contributed by atoms with E-state index in [1.807, 2.05) is 4.90 Å². The van der Waals surface area contributed by atoms with Crippen LogP contribution in [0.15, 0.2) is 24.3 Å². The molecule has 0 bridgehead atoms. The molecular formula is C17H22F2N2O4. The number of amides is 1. The molecule has 0 atom stereocenters. The summed E-state index contributed by atoms with van der Waals surface area (Å²) in [5, 5.41) is 2.59.